The van der Waals surface area contributed by atoms with Gasteiger partial charge in [-0.1, -0.05) is 30.3 Å². The van der Waals surface area contributed by atoms with Crippen LogP contribution in [0.25, 0.3) is 0 Å². The fraction of sp³-hybridized carbons (Fsp3) is 0.667. The average molecular weight is 255 g/mol. The van der Waals surface area contributed by atoms with Gasteiger partial charge >= 0.3 is 0 Å². The van der Waals surface area contributed by atoms with Crippen LogP contribution in [0.2, 0.25) is 0 Å². The monoisotopic (exact) mass is 255 g/mol. The molecule has 102 valence electrons. The molecule has 19 heavy (non-hydrogen) atoms. The maximum absolute atomic E-state index is 6.43. The molecule has 3 unspecified atom stereocenters. The molecule has 0 aliphatic heterocycles. The number of hydrogen-bond acceptors (Lipinski definition) is 1. The van der Waals surface area contributed by atoms with Crippen LogP contribution in [0.5, 0.6) is 0 Å². The lowest BCUT2D eigenvalue weighted by Gasteiger charge is -2.63. The Morgan fingerprint density at radius 2 is 1.68 bits per heavy atom. The third-order valence-electron chi connectivity index (χ3n) is 6.46. The summed E-state index contributed by atoms with van der Waals surface area (Å²) in [6.45, 7) is 2.26. The minimum absolute atomic E-state index is 0.362. The third-order valence-corrected chi connectivity index (χ3v) is 6.46. The maximum atomic E-state index is 6.43. The summed E-state index contributed by atoms with van der Waals surface area (Å²) in [6, 6.07) is 11.7. The quantitative estimate of drug-likeness (QED) is 0.853. The average Bonchev–Trinajstić information content (AvgIpc) is 2.38. The molecule has 1 nitrogen and oxygen atoms in total. The van der Waals surface area contributed by atoms with Crippen molar-refractivity contribution in [3.05, 3.63) is 35.9 Å². The Bertz CT molecular complexity index is 462. The summed E-state index contributed by atoms with van der Waals surface area (Å²) in [5.41, 5.74) is 8.92. The van der Waals surface area contributed by atoms with Crippen LogP contribution in [0.3, 0.4) is 0 Å². The largest absolute Gasteiger partial charge is 0.327 e. The van der Waals surface area contributed by atoms with E-state index in [1.54, 1.807) is 5.56 Å². The highest BCUT2D eigenvalue weighted by Crippen LogP contribution is 2.66. The first-order valence-electron chi connectivity index (χ1n) is 7.93. The van der Waals surface area contributed by atoms with Crippen molar-refractivity contribution >= 4 is 0 Å². The number of nitrogens with two attached hydrogens (primary N) is 1. The molecule has 1 heteroatoms. The van der Waals surface area contributed by atoms with E-state index >= 15 is 0 Å². The van der Waals surface area contributed by atoms with E-state index in [-0.39, 0.29) is 0 Å². The van der Waals surface area contributed by atoms with Gasteiger partial charge in [-0.25, -0.2) is 0 Å². The SMILES string of the molecule is CC(N)C12CC3CC(CC(c4ccccc4)(C3)C1)C2. The molecule has 3 atom stereocenters. The first-order chi connectivity index (χ1) is 9.12. The van der Waals surface area contributed by atoms with Crippen molar-refractivity contribution in [3.63, 3.8) is 0 Å². The second-order valence-electron chi connectivity index (χ2n) is 7.76. The zero-order valence-electron chi connectivity index (χ0n) is 11.9. The van der Waals surface area contributed by atoms with Crippen LogP contribution in [0.1, 0.15) is 51.0 Å². The van der Waals surface area contributed by atoms with Gasteiger partial charge in [0, 0.05) is 6.04 Å². The van der Waals surface area contributed by atoms with Gasteiger partial charge in [-0.2, -0.15) is 0 Å². The van der Waals surface area contributed by atoms with E-state index in [0.29, 0.717) is 16.9 Å². The zero-order chi connectivity index (χ0) is 13.1. The molecular formula is C18H25N. The summed E-state index contributed by atoms with van der Waals surface area (Å²) < 4.78 is 0. The molecule has 2 N–H and O–H groups in total. The van der Waals surface area contributed by atoms with Gasteiger partial charge in [0.2, 0.25) is 0 Å². The Balaban J connectivity index is 1.78. The summed E-state index contributed by atoms with van der Waals surface area (Å²) in [6.07, 6.45) is 8.45. The Morgan fingerprint density at radius 3 is 2.26 bits per heavy atom. The lowest BCUT2D eigenvalue weighted by atomic mass is 9.41. The summed E-state index contributed by atoms with van der Waals surface area (Å²) in [5, 5.41) is 0. The molecule has 4 fully saturated rings. The van der Waals surface area contributed by atoms with E-state index in [2.05, 4.69) is 37.3 Å². The van der Waals surface area contributed by atoms with Crippen molar-refractivity contribution in [1.29, 1.82) is 0 Å². The predicted octanol–water partition coefficient (Wildman–Crippen LogP) is 3.87. The summed E-state index contributed by atoms with van der Waals surface area (Å²) in [7, 11) is 0. The van der Waals surface area contributed by atoms with Gasteiger partial charge in [0.1, 0.15) is 0 Å². The first-order valence-corrected chi connectivity index (χ1v) is 7.93. The summed E-state index contributed by atoms with van der Waals surface area (Å²) >= 11 is 0. The molecule has 4 bridgehead atoms. The summed E-state index contributed by atoms with van der Waals surface area (Å²) in [4.78, 5) is 0. The zero-order valence-corrected chi connectivity index (χ0v) is 11.9. The molecule has 4 aliphatic rings. The van der Waals surface area contributed by atoms with E-state index < -0.39 is 0 Å². The van der Waals surface area contributed by atoms with E-state index in [1.807, 2.05) is 0 Å². The van der Waals surface area contributed by atoms with Crippen LogP contribution in [0.15, 0.2) is 30.3 Å². The standard InChI is InChI=1S/C18H25N/c1-13(19)17-8-14-7-15(9-17)11-18(10-14,12-17)16-5-3-2-4-6-16/h2-6,13-15H,7-12,19H2,1H3. The molecule has 0 spiro atoms. The lowest BCUT2D eigenvalue weighted by molar-refractivity contribution is -0.0821. The molecule has 4 saturated carbocycles. The number of rotatable bonds is 2. The van der Waals surface area contributed by atoms with Crippen molar-refractivity contribution in [1.82, 2.24) is 0 Å². The highest BCUT2D eigenvalue weighted by atomic mass is 14.7. The minimum Gasteiger partial charge on any atom is -0.327 e. The topological polar surface area (TPSA) is 26.0 Å². The van der Waals surface area contributed by atoms with Gasteiger partial charge in [-0.05, 0) is 73.7 Å². The maximum Gasteiger partial charge on any atom is 0.00675 e. The van der Waals surface area contributed by atoms with E-state index in [0.717, 1.165) is 11.8 Å². The van der Waals surface area contributed by atoms with E-state index in [4.69, 9.17) is 5.73 Å². The molecule has 0 heterocycles. The second kappa shape index (κ2) is 3.85. The molecule has 5 rings (SSSR count). The number of benzene rings is 1. The fourth-order valence-corrected chi connectivity index (χ4v) is 6.00. The minimum atomic E-state index is 0.362. The van der Waals surface area contributed by atoms with Crippen LogP contribution in [0.4, 0.5) is 0 Å². The van der Waals surface area contributed by atoms with Gasteiger partial charge < -0.3 is 5.73 Å². The van der Waals surface area contributed by atoms with Crippen molar-refractivity contribution in [2.75, 3.05) is 0 Å². The normalized spacial score (nSPS) is 45.4. The van der Waals surface area contributed by atoms with Crippen LogP contribution in [-0.2, 0) is 5.41 Å². The molecule has 1 aromatic rings. The van der Waals surface area contributed by atoms with Crippen LogP contribution in [-0.4, -0.2) is 6.04 Å². The van der Waals surface area contributed by atoms with Crippen molar-refractivity contribution in [2.24, 2.45) is 23.0 Å². The first kappa shape index (κ1) is 12.0. The molecule has 0 radical (unpaired) electrons. The lowest BCUT2D eigenvalue weighted by Crippen LogP contribution is -2.59. The smallest absolute Gasteiger partial charge is 0.00675 e. The van der Waals surface area contributed by atoms with Gasteiger partial charge in [0.15, 0.2) is 0 Å². The summed E-state index contributed by atoms with van der Waals surface area (Å²) in [5.74, 6) is 1.87. The molecule has 0 aromatic heterocycles. The van der Waals surface area contributed by atoms with E-state index in [9.17, 15) is 0 Å². The van der Waals surface area contributed by atoms with Crippen LogP contribution < -0.4 is 5.73 Å². The van der Waals surface area contributed by atoms with Gasteiger partial charge in [0.05, 0.1) is 0 Å². The Labute approximate surface area is 116 Å². The van der Waals surface area contributed by atoms with Crippen LogP contribution >= 0.6 is 0 Å². The van der Waals surface area contributed by atoms with Gasteiger partial charge in [-0.3, -0.25) is 0 Å². The van der Waals surface area contributed by atoms with Gasteiger partial charge in [-0.15, -0.1) is 0 Å². The Morgan fingerprint density at radius 1 is 1.05 bits per heavy atom. The molecule has 0 amide bonds. The van der Waals surface area contributed by atoms with Crippen LogP contribution in [0, 0.1) is 17.3 Å². The van der Waals surface area contributed by atoms with Crippen molar-refractivity contribution in [2.45, 2.75) is 56.9 Å². The Kier molecular flexibility index (Phi) is 2.42. The molecule has 0 saturated heterocycles. The third kappa shape index (κ3) is 1.64. The molecule has 1 aromatic carbocycles. The van der Waals surface area contributed by atoms with Crippen molar-refractivity contribution in [3.8, 4) is 0 Å². The second-order valence-corrected chi connectivity index (χ2v) is 7.76. The fourth-order valence-electron chi connectivity index (χ4n) is 6.00. The molecule has 4 aliphatic carbocycles. The molecular weight excluding hydrogens is 230 g/mol. The number of hydrogen-bond donors (Lipinski definition) is 1. The van der Waals surface area contributed by atoms with Gasteiger partial charge in [0.25, 0.3) is 0 Å². The predicted molar refractivity (Wildman–Crippen MR) is 78.9 cm³/mol. The highest BCUT2D eigenvalue weighted by molar-refractivity contribution is 5.30. The highest BCUT2D eigenvalue weighted by Gasteiger charge is 2.59. The Hall–Kier alpha value is -0.820. The van der Waals surface area contributed by atoms with E-state index in [1.165, 1.54) is 38.5 Å². The van der Waals surface area contributed by atoms with Crippen molar-refractivity contribution < 1.29 is 0 Å².